The molecule has 0 atom stereocenters. The predicted molar refractivity (Wildman–Crippen MR) is 84.9 cm³/mol. The van der Waals surface area contributed by atoms with Crippen molar-refractivity contribution in [3.8, 4) is 0 Å². The third-order valence-electron chi connectivity index (χ3n) is 2.49. The summed E-state index contributed by atoms with van der Waals surface area (Å²) in [5.74, 6) is 1.60. The fraction of sp³-hybridized carbons (Fsp3) is 0.231. The van der Waals surface area contributed by atoms with Gasteiger partial charge < -0.3 is 10.6 Å². The monoisotopic (exact) mass is 292 g/mol. The lowest BCUT2D eigenvalue weighted by Gasteiger charge is -2.09. The highest BCUT2D eigenvalue weighted by Crippen LogP contribution is 2.23. The highest BCUT2D eigenvalue weighted by molar-refractivity contribution is 7.98. The molecule has 1 heterocycles. The van der Waals surface area contributed by atoms with Gasteiger partial charge in [0.2, 0.25) is 0 Å². The molecule has 1 aromatic heterocycles. The van der Waals surface area contributed by atoms with Crippen molar-refractivity contribution >= 4 is 40.8 Å². The smallest absolute Gasteiger partial charge is 0.191 e. The minimum atomic E-state index is 0.746. The van der Waals surface area contributed by atoms with Gasteiger partial charge in [-0.1, -0.05) is 17.8 Å². The van der Waals surface area contributed by atoms with Gasteiger partial charge in [0.15, 0.2) is 5.16 Å². The minimum Gasteiger partial charge on any atom is -0.373 e. The first-order valence-electron chi connectivity index (χ1n) is 5.77. The van der Waals surface area contributed by atoms with Crippen molar-refractivity contribution in [2.75, 3.05) is 30.2 Å². The molecule has 0 bridgehead atoms. The van der Waals surface area contributed by atoms with E-state index >= 15 is 0 Å². The predicted octanol–water partition coefficient (Wildman–Crippen LogP) is 3.71. The van der Waals surface area contributed by atoms with Gasteiger partial charge >= 0.3 is 0 Å². The number of nitrogens with zero attached hydrogens (tertiary/aromatic N) is 2. The van der Waals surface area contributed by atoms with Crippen molar-refractivity contribution in [1.82, 2.24) is 9.97 Å². The van der Waals surface area contributed by atoms with Gasteiger partial charge in [-0.3, -0.25) is 0 Å². The zero-order valence-corrected chi connectivity index (χ0v) is 12.7. The molecule has 19 heavy (non-hydrogen) atoms. The molecule has 100 valence electrons. The van der Waals surface area contributed by atoms with E-state index in [0.29, 0.717) is 0 Å². The maximum absolute atomic E-state index is 4.44. The van der Waals surface area contributed by atoms with E-state index in [1.54, 1.807) is 11.8 Å². The van der Waals surface area contributed by atoms with Crippen LogP contribution in [-0.4, -0.2) is 29.5 Å². The normalized spacial score (nSPS) is 10.3. The molecule has 1 aromatic carbocycles. The zero-order valence-electron chi connectivity index (χ0n) is 11.1. The summed E-state index contributed by atoms with van der Waals surface area (Å²) in [5.41, 5.74) is 1.03. The average Bonchev–Trinajstić information content (AvgIpc) is 2.47. The maximum atomic E-state index is 4.44. The molecule has 0 aliphatic carbocycles. The summed E-state index contributed by atoms with van der Waals surface area (Å²) in [6.07, 6.45) is 4.03. The van der Waals surface area contributed by atoms with Gasteiger partial charge in [0.25, 0.3) is 0 Å². The van der Waals surface area contributed by atoms with Gasteiger partial charge in [0.05, 0.1) is 0 Å². The Morgan fingerprint density at radius 1 is 1.00 bits per heavy atom. The molecule has 2 aromatic rings. The van der Waals surface area contributed by atoms with Gasteiger partial charge in [-0.15, -0.1) is 11.8 Å². The Balaban J connectivity index is 2.26. The summed E-state index contributed by atoms with van der Waals surface area (Å²) >= 11 is 3.24. The van der Waals surface area contributed by atoms with Crippen LogP contribution < -0.4 is 10.6 Å². The highest BCUT2D eigenvalue weighted by atomic mass is 32.2. The Kier molecular flexibility index (Phi) is 4.93. The molecule has 0 aliphatic rings. The minimum absolute atomic E-state index is 0.746. The molecule has 0 amide bonds. The number of thioether (sulfide) groups is 2. The zero-order chi connectivity index (χ0) is 13.7. The van der Waals surface area contributed by atoms with Gasteiger partial charge in [0.1, 0.15) is 11.6 Å². The Bertz CT molecular complexity index is 538. The van der Waals surface area contributed by atoms with E-state index < -0.39 is 0 Å². The molecule has 2 rings (SSSR count). The molecule has 0 aliphatic heterocycles. The Labute approximate surface area is 121 Å². The highest BCUT2D eigenvalue weighted by Gasteiger charge is 2.03. The average molecular weight is 292 g/mol. The van der Waals surface area contributed by atoms with E-state index in [9.17, 15) is 0 Å². The second-order valence-electron chi connectivity index (χ2n) is 3.73. The number of anilines is 3. The Hall–Kier alpha value is -1.40. The number of rotatable bonds is 5. The summed E-state index contributed by atoms with van der Waals surface area (Å²) in [6, 6.07) is 10.1. The van der Waals surface area contributed by atoms with Gasteiger partial charge in [-0.2, -0.15) is 0 Å². The third-order valence-corrected chi connectivity index (χ3v) is 3.76. The van der Waals surface area contributed by atoms with E-state index in [-0.39, 0.29) is 0 Å². The third kappa shape index (κ3) is 3.78. The molecule has 2 N–H and O–H groups in total. The Morgan fingerprint density at radius 3 is 2.47 bits per heavy atom. The van der Waals surface area contributed by atoms with Gasteiger partial charge in [0, 0.05) is 23.7 Å². The van der Waals surface area contributed by atoms with E-state index in [0.717, 1.165) is 22.5 Å². The van der Waals surface area contributed by atoms with Crippen LogP contribution in [0, 0.1) is 0 Å². The molecule has 0 fully saturated rings. The van der Waals surface area contributed by atoms with E-state index in [1.807, 2.05) is 31.5 Å². The van der Waals surface area contributed by atoms with Crippen LogP contribution in [0.3, 0.4) is 0 Å². The van der Waals surface area contributed by atoms with Crippen molar-refractivity contribution in [1.29, 1.82) is 0 Å². The number of aromatic nitrogens is 2. The van der Waals surface area contributed by atoms with Crippen LogP contribution >= 0.6 is 23.5 Å². The molecular formula is C13H16N4S2. The quantitative estimate of drug-likeness (QED) is 0.647. The lowest BCUT2D eigenvalue weighted by atomic mass is 10.3. The second-order valence-corrected chi connectivity index (χ2v) is 5.39. The van der Waals surface area contributed by atoms with Crippen LogP contribution in [0.5, 0.6) is 0 Å². The number of nitrogens with one attached hydrogen (secondary N) is 2. The number of hydrogen-bond acceptors (Lipinski definition) is 6. The SMILES string of the molecule is CNc1cc(Nc2cccc(SC)c2)nc(SC)n1. The molecule has 4 nitrogen and oxygen atoms in total. The van der Waals surface area contributed by atoms with Crippen molar-refractivity contribution < 1.29 is 0 Å². The largest absolute Gasteiger partial charge is 0.373 e. The summed E-state index contributed by atoms with van der Waals surface area (Å²) < 4.78 is 0. The molecule has 0 spiro atoms. The number of benzene rings is 1. The van der Waals surface area contributed by atoms with Crippen LogP contribution in [0.15, 0.2) is 40.4 Å². The first-order valence-corrected chi connectivity index (χ1v) is 8.22. The van der Waals surface area contributed by atoms with E-state index in [2.05, 4.69) is 39.0 Å². The maximum Gasteiger partial charge on any atom is 0.191 e. The van der Waals surface area contributed by atoms with Crippen molar-refractivity contribution in [3.05, 3.63) is 30.3 Å². The number of hydrogen-bond donors (Lipinski definition) is 2. The molecule has 0 saturated carbocycles. The molecule has 6 heteroatoms. The molecule has 0 radical (unpaired) electrons. The lowest BCUT2D eigenvalue weighted by molar-refractivity contribution is 0.977. The first kappa shape index (κ1) is 14.0. The van der Waals surface area contributed by atoms with Crippen LogP contribution in [0.2, 0.25) is 0 Å². The van der Waals surface area contributed by atoms with Crippen molar-refractivity contribution in [3.63, 3.8) is 0 Å². The van der Waals surface area contributed by atoms with Crippen LogP contribution in [-0.2, 0) is 0 Å². The lowest BCUT2D eigenvalue weighted by Crippen LogP contribution is -2.00. The van der Waals surface area contributed by atoms with E-state index in [1.165, 1.54) is 16.7 Å². The topological polar surface area (TPSA) is 49.8 Å². The summed E-state index contributed by atoms with van der Waals surface area (Å²) in [5, 5.41) is 7.10. The van der Waals surface area contributed by atoms with Gasteiger partial charge in [-0.25, -0.2) is 9.97 Å². The fourth-order valence-electron chi connectivity index (χ4n) is 1.56. The van der Waals surface area contributed by atoms with Crippen LogP contribution in [0.1, 0.15) is 0 Å². The Morgan fingerprint density at radius 2 is 1.79 bits per heavy atom. The second kappa shape index (κ2) is 6.68. The van der Waals surface area contributed by atoms with Gasteiger partial charge in [-0.05, 0) is 30.7 Å². The van der Waals surface area contributed by atoms with E-state index in [4.69, 9.17) is 0 Å². The first-order chi connectivity index (χ1) is 9.25. The molecule has 0 unspecified atom stereocenters. The van der Waals surface area contributed by atoms with Crippen molar-refractivity contribution in [2.24, 2.45) is 0 Å². The van der Waals surface area contributed by atoms with Crippen LogP contribution in [0.4, 0.5) is 17.3 Å². The standard InChI is InChI=1S/C13H16N4S2/c1-14-11-8-12(17-13(16-11)19-3)15-9-5-4-6-10(7-9)18-2/h4-8H,1-3H3,(H2,14,15,16,17). The molecule has 0 saturated heterocycles. The van der Waals surface area contributed by atoms with Crippen molar-refractivity contribution in [2.45, 2.75) is 10.1 Å². The fourth-order valence-corrected chi connectivity index (χ4v) is 2.40. The summed E-state index contributed by atoms with van der Waals surface area (Å²) in [4.78, 5) is 10.0. The molecular weight excluding hydrogens is 276 g/mol. The summed E-state index contributed by atoms with van der Waals surface area (Å²) in [7, 11) is 1.85. The van der Waals surface area contributed by atoms with Crippen LogP contribution in [0.25, 0.3) is 0 Å². The summed E-state index contributed by atoms with van der Waals surface area (Å²) in [6.45, 7) is 0.